The topological polar surface area (TPSA) is 69.6 Å². The van der Waals surface area contributed by atoms with Gasteiger partial charge in [0.25, 0.3) is 0 Å². The largest absolute Gasteiger partial charge is 0.480 e. The number of carbonyl (C=O) groups is 2. The Hall–Kier alpha value is -2.08. The lowest BCUT2D eigenvalue weighted by atomic mass is 10.2. The fourth-order valence-electron chi connectivity index (χ4n) is 1.48. The van der Waals surface area contributed by atoms with Crippen LogP contribution in [0.2, 0.25) is 5.02 Å². The Bertz CT molecular complexity index is 522. The molecule has 20 heavy (non-hydrogen) atoms. The molecule has 1 aromatic rings. The van der Waals surface area contributed by atoms with Crippen molar-refractivity contribution >= 4 is 23.6 Å². The van der Waals surface area contributed by atoms with Gasteiger partial charge in [-0.15, -0.1) is 6.58 Å². The van der Waals surface area contributed by atoms with Gasteiger partial charge in [0.05, 0.1) is 5.02 Å². The summed E-state index contributed by atoms with van der Waals surface area (Å²) in [5, 5.41) is 11.2. The second-order valence-corrected chi connectivity index (χ2v) is 4.38. The van der Waals surface area contributed by atoms with Gasteiger partial charge < -0.3 is 15.3 Å². The van der Waals surface area contributed by atoms with E-state index >= 15 is 0 Å². The molecule has 2 N–H and O–H groups in total. The average Bonchev–Trinajstić information content (AvgIpc) is 2.39. The van der Waals surface area contributed by atoms with E-state index in [1.807, 2.05) is 0 Å². The van der Waals surface area contributed by atoms with Crippen molar-refractivity contribution in [1.29, 1.82) is 0 Å². The SMILES string of the molecule is C=CCN(CC(=O)O)C(=O)NCc1ccc(F)c(Cl)c1. The predicted octanol–water partition coefficient (Wildman–Crippen LogP) is 2.26. The molecule has 108 valence electrons. The van der Waals surface area contributed by atoms with E-state index in [1.165, 1.54) is 24.3 Å². The Balaban J connectivity index is 2.61. The van der Waals surface area contributed by atoms with Crippen LogP contribution in [0.25, 0.3) is 0 Å². The highest BCUT2D eigenvalue weighted by molar-refractivity contribution is 6.30. The molecular weight excluding hydrogens is 287 g/mol. The molecule has 0 atom stereocenters. The molecule has 0 aliphatic rings. The van der Waals surface area contributed by atoms with Crippen molar-refractivity contribution in [3.05, 3.63) is 47.3 Å². The lowest BCUT2D eigenvalue weighted by molar-refractivity contribution is -0.137. The van der Waals surface area contributed by atoms with Crippen LogP contribution in [0.5, 0.6) is 0 Å². The lowest BCUT2D eigenvalue weighted by Gasteiger charge is -2.19. The number of carboxylic acid groups (broad SMARTS) is 1. The molecule has 0 aliphatic heterocycles. The van der Waals surface area contributed by atoms with Gasteiger partial charge in [-0.2, -0.15) is 0 Å². The zero-order chi connectivity index (χ0) is 15.1. The normalized spacial score (nSPS) is 9.90. The van der Waals surface area contributed by atoms with Gasteiger partial charge in [-0.25, -0.2) is 9.18 Å². The van der Waals surface area contributed by atoms with Crippen LogP contribution in [0.3, 0.4) is 0 Å². The smallest absolute Gasteiger partial charge is 0.323 e. The number of nitrogens with one attached hydrogen (secondary N) is 1. The summed E-state index contributed by atoms with van der Waals surface area (Å²) >= 11 is 5.62. The first kappa shape index (κ1) is 16.0. The molecular formula is C13H14ClFN2O3. The number of benzene rings is 1. The highest BCUT2D eigenvalue weighted by Gasteiger charge is 2.14. The number of carbonyl (C=O) groups excluding carboxylic acids is 1. The molecule has 2 amide bonds. The quantitative estimate of drug-likeness (QED) is 0.792. The van der Waals surface area contributed by atoms with E-state index in [4.69, 9.17) is 16.7 Å². The Morgan fingerprint density at radius 3 is 2.75 bits per heavy atom. The van der Waals surface area contributed by atoms with E-state index in [9.17, 15) is 14.0 Å². The summed E-state index contributed by atoms with van der Waals surface area (Å²) in [5.74, 6) is -1.66. The fraction of sp³-hybridized carbons (Fsp3) is 0.231. The Morgan fingerprint density at radius 1 is 1.50 bits per heavy atom. The standard InChI is InChI=1S/C13H14ClFN2O3/c1-2-5-17(8-12(18)19)13(20)16-7-9-3-4-11(15)10(14)6-9/h2-4,6H,1,5,7-8H2,(H,16,20)(H,18,19). The molecule has 7 heteroatoms. The molecule has 0 saturated carbocycles. The molecule has 5 nitrogen and oxygen atoms in total. The maximum absolute atomic E-state index is 13.0. The minimum absolute atomic E-state index is 0.0368. The van der Waals surface area contributed by atoms with Crippen LogP contribution in [-0.2, 0) is 11.3 Å². The molecule has 0 aromatic heterocycles. The van der Waals surface area contributed by atoms with Crippen LogP contribution in [0.4, 0.5) is 9.18 Å². The van der Waals surface area contributed by atoms with E-state index in [0.717, 1.165) is 4.90 Å². The van der Waals surface area contributed by atoms with Crippen LogP contribution < -0.4 is 5.32 Å². The van der Waals surface area contributed by atoms with Gasteiger partial charge in [0.1, 0.15) is 12.4 Å². The molecule has 1 rings (SSSR count). The van der Waals surface area contributed by atoms with Crippen LogP contribution in [0.15, 0.2) is 30.9 Å². The van der Waals surface area contributed by atoms with E-state index < -0.39 is 24.4 Å². The molecule has 1 aromatic carbocycles. The maximum atomic E-state index is 13.0. The summed E-state index contributed by atoms with van der Waals surface area (Å²) in [7, 11) is 0. The van der Waals surface area contributed by atoms with Gasteiger partial charge in [-0.3, -0.25) is 4.79 Å². The third kappa shape index (κ3) is 4.89. The van der Waals surface area contributed by atoms with E-state index in [-0.39, 0.29) is 18.1 Å². The van der Waals surface area contributed by atoms with Crippen LogP contribution in [-0.4, -0.2) is 35.1 Å². The number of rotatable bonds is 6. The minimum atomic E-state index is -1.12. The number of halogens is 2. The Kier molecular flexibility index (Phi) is 5.99. The van der Waals surface area contributed by atoms with Crippen molar-refractivity contribution < 1.29 is 19.1 Å². The molecule has 0 heterocycles. The summed E-state index contributed by atoms with van der Waals surface area (Å²) in [6.07, 6.45) is 1.43. The highest BCUT2D eigenvalue weighted by Crippen LogP contribution is 2.15. The van der Waals surface area contributed by atoms with E-state index in [0.29, 0.717) is 5.56 Å². The third-order valence-corrected chi connectivity index (χ3v) is 2.68. The fourth-order valence-corrected chi connectivity index (χ4v) is 1.68. The summed E-state index contributed by atoms with van der Waals surface area (Å²) in [5.41, 5.74) is 0.610. The first-order valence-electron chi connectivity index (χ1n) is 5.73. The zero-order valence-corrected chi connectivity index (χ0v) is 11.4. The van der Waals surface area contributed by atoms with Crippen molar-refractivity contribution in [3.63, 3.8) is 0 Å². The summed E-state index contributed by atoms with van der Waals surface area (Å²) in [6.45, 7) is 3.26. The lowest BCUT2D eigenvalue weighted by Crippen LogP contribution is -2.42. The summed E-state index contributed by atoms with van der Waals surface area (Å²) in [6, 6.07) is 3.53. The van der Waals surface area contributed by atoms with Gasteiger partial charge in [0, 0.05) is 13.1 Å². The molecule has 0 aliphatic carbocycles. The Labute approximate surface area is 120 Å². The number of amides is 2. The first-order chi connectivity index (χ1) is 9.43. The zero-order valence-electron chi connectivity index (χ0n) is 10.6. The van der Waals surface area contributed by atoms with Crippen molar-refractivity contribution in [2.24, 2.45) is 0 Å². The second-order valence-electron chi connectivity index (χ2n) is 3.97. The summed E-state index contributed by atoms with van der Waals surface area (Å²) < 4.78 is 13.0. The maximum Gasteiger partial charge on any atom is 0.323 e. The van der Waals surface area contributed by atoms with Gasteiger partial charge >= 0.3 is 12.0 Å². The van der Waals surface area contributed by atoms with Crippen LogP contribution in [0.1, 0.15) is 5.56 Å². The minimum Gasteiger partial charge on any atom is -0.480 e. The monoisotopic (exact) mass is 300 g/mol. The van der Waals surface area contributed by atoms with E-state index in [2.05, 4.69) is 11.9 Å². The molecule has 0 fully saturated rings. The highest BCUT2D eigenvalue weighted by atomic mass is 35.5. The molecule has 0 radical (unpaired) electrons. The Morgan fingerprint density at radius 2 is 2.20 bits per heavy atom. The summed E-state index contributed by atoms with van der Waals surface area (Å²) in [4.78, 5) is 23.5. The number of carboxylic acids is 1. The van der Waals surface area contributed by atoms with Crippen molar-refractivity contribution in [3.8, 4) is 0 Å². The van der Waals surface area contributed by atoms with Gasteiger partial charge in [-0.1, -0.05) is 23.7 Å². The van der Waals surface area contributed by atoms with Crippen molar-refractivity contribution in [1.82, 2.24) is 10.2 Å². The van der Waals surface area contributed by atoms with Crippen molar-refractivity contribution in [2.75, 3.05) is 13.1 Å². The molecule has 0 unspecified atom stereocenters. The molecule has 0 saturated heterocycles. The number of aliphatic carboxylic acids is 1. The van der Waals surface area contributed by atoms with Crippen LogP contribution >= 0.6 is 11.6 Å². The second kappa shape index (κ2) is 7.49. The van der Waals surface area contributed by atoms with Crippen molar-refractivity contribution in [2.45, 2.75) is 6.54 Å². The van der Waals surface area contributed by atoms with Gasteiger partial charge in [0.15, 0.2) is 0 Å². The average molecular weight is 301 g/mol. The number of hydrogen-bond acceptors (Lipinski definition) is 2. The molecule has 0 bridgehead atoms. The number of hydrogen-bond donors (Lipinski definition) is 2. The number of nitrogens with zero attached hydrogens (tertiary/aromatic N) is 1. The van der Waals surface area contributed by atoms with Gasteiger partial charge in [-0.05, 0) is 17.7 Å². The first-order valence-corrected chi connectivity index (χ1v) is 6.11. The third-order valence-electron chi connectivity index (χ3n) is 2.39. The van der Waals surface area contributed by atoms with E-state index in [1.54, 1.807) is 0 Å². The number of urea groups is 1. The van der Waals surface area contributed by atoms with Crippen LogP contribution in [0, 0.1) is 5.82 Å². The predicted molar refractivity (Wildman–Crippen MR) is 73.1 cm³/mol. The van der Waals surface area contributed by atoms with Gasteiger partial charge in [0.2, 0.25) is 0 Å². The molecule has 0 spiro atoms.